The van der Waals surface area contributed by atoms with Crippen LogP contribution in [0.5, 0.6) is 5.75 Å². The quantitative estimate of drug-likeness (QED) is 0.826. The van der Waals surface area contributed by atoms with Crippen LogP contribution >= 0.6 is 0 Å². The molecule has 0 amide bonds. The van der Waals surface area contributed by atoms with Crippen molar-refractivity contribution in [3.05, 3.63) is 59.2 Å². The van der Waals surface area contributed by atoms with Gasteiger partial charge in [0.2, 0.25) is 0 Å². The van der Waals surface area contributed by atoms with Crippen molar-refractivity contribution in [2.45, 2.75) is 6.61 Å². The largest absolute Gasteiger partial charge is 0.489 e. The molecule has 7 heteroatoms. The molecule has 0 atom stereocenters. The lowest BCUT2D eigenvalue weighted by atomic mass is 9.80. The monoisotopic (exact) mass is 289 g/mol. The van der Waals surface area contributed by atoms with Crippen LogP contribution in [0.4, 0.5) is 8.78 Å². The number of benzene rings is 2. The van der Waals surface area contributed by atoms with Gasteiger partial charge in [0, 0.05) is 11.6 Å². The number of hydrogen-bond acceptors (Lipinski definition) is 4. The highest BCUT2D eigenvalue weighted by Crippen LogP contribution is 2.16. The Kier molecular flexibility index (Phi) is 4.53. The Hall–Kier alpha value is -2.43. The molecule has 0 saturated heterocycles. The molecule has 0 aromatic heterocycles. The van der Waals surface area contributed by atoms with Crippen LogP contribution in [0.1, 0.15) is 11.1 Å². The van der Waals surface area contributed by atoms with Crippen LogP contribution in [-0.2, 0) is 6.61 Å². The molecule has 0 saturated carbocycles. The summed E-state index contributed by atoms with van der Waals surface area (Å²) in [6, 6.07) is 8.91. The first kappa shape index (κ1) is 15.0. The van der Waals surface area contributed by atoms with Gasteiger partial charge in [0.15, 0.2) is 0 Å². The number of halogens is 2. The fourth-order valence-electron chi connectivity index (χ4n) is 1.73. The average molecular weight is 289 g/mol. The van der Waals surface area contributed by atoms with Crippen LogP contribution in [0.25, 0.3) is 0 Å². The Morgan fingerprint density at radius 1 is 1.14 bits per heavy atom. The maximum atomic E-state index is 13.6. The van der Waals surface area contributed by atoms with Gasteiger partial charge in [0.1, 0.15) is 24.0 Å². The fraction of sp³-hybridized carbons (Fsp3) is 0.0714. The van der Waals surface area contributed by atoms with E-state index < -0.39 is 18.8 Å². The van der Waals surface area contributed by atoms with Crippen molar-refractivity contribution in [3.63, 3.8) is 0 Å². The topological polar surface area (TPSA) is 73.5 Å². The second-order valence-corrected chi connectivity index (χ2v) is 4.30. The van der Waals surface area contributed by atoms with Crippen LogP contribution in [0, 0.1) is 23.0 Å². The first-order valence-electron chi connectivity index (χ1n) is 5.97. The Morgan fingerprint density at radius 2 is 1.90 bits per heavy atom. The molecule has 2 rings (SSSR count). The molecule has 2 aromatic rings. The van der Waals surface area contributed by atoms with E-state index in [0.717, 1.165) is 18.2 Å². The van der Waals surface area contributed by atoms with Gasteiger partial charge >= 0.3 is 7.12 Å². The lowest BCUT2D eigenvalue weighted by Crippen LogP contribution is -2.30. The normalized spacial score (nSPS) is 10.0. The van der Waals surface area contributed by atoms with E-state index in [4.69, 9.17) is 20.0 Å². The van der Waals surface area contributed by atoms with Gasteiger partial charge in [-0.2, -0.15) is 5.26 Å². The number of nitriles is 1. The smallest absolute Gasteiger partial charge is 0.488 e. The Bertz CT molecular complexity index is 701. The van der Waals surface area contributed by atoms with E-state index in [1.807, 2.05) is 6.07 Å². The first-order chi connectivity index (χ1) is 9.99. The molecule has 0 aliphatic rings. The Balaban J connectivity index is 2.19. The molecular weight excluding hydrogens is 279 g/mol. The molecule has 2 aromatic carbocycles. The zero-order valence-corrected chi connectivity index (χ0v) is 10.8. The Morgan fingerprint density at radius 3 is 2.57 bits per heavy atom. The standard InChI is InChI=1S/C14H10BF2NO3/c16-12-4-11(15(19)20)5-13(6-12)21-8-10-3-9(7-18)1-2-14(10)17/h1-6,19-20H,8H2. The summed E-state index contributed by atoms with van der Waals surface area (Å²) in [5, 5.41) is 26.8. The fourth-order valence-corrected chi connectivity index (χ4v) is 1.73. The third-order valence-corrected chi connectivity index (χ3v) is 2.76. The second kappa shape index (κ2) is 6.35. The van der Waals surface area contributed by atoms with Gasteiger partial charge in [0.05, 0.1) is 11.6 Å². The Labute approximate surface area is 120 Å². The minimum Gasteiger partial charge on any atom is -0.489 e. The summed E-state index contributed by atoms with van der Waals surface area (Å²) in [4.78, 5) is 0. The molecule has 0 aliphatic carbocycles. The van der Waals surface area contributed by atoms with Crippen molar-refractivity contribution < 1.29 is 23.6 Å². The van der Waals surface area contributed by atoms with Gasteiger partial charge in [-0.25, -0.2) is 8.78 Å². The van der Waals surface area contributed by atoms with E-state index in [0.29, 0.717) is 0 Å². The molecule has 0 radical (unpaired) electrons. The van der Waals surface area contributed by atoms with Gasteiger partial charge in [-0.05, 0) is 35.8 Å². The molecule has 106 valence electrons. The zero-order valence-electron chi connectivity index (χ0n) is 10.8. The maximum Gasteiger partial charge on any atom is 0.488 e. The minimum absolute atomic E-state index is 0.0276. The van der Waals surface area contributed by atoms with Crippen molar-refractivity contribution in [3.8, 4) is 11.8 Å². The average Bonchev–Trinajstić information content (AvgIpc) is 2.46. The predicted molar refractivity (Wildman–Crippen MR) is 71.7 cm³/mol. The van der Waals surface area contributed by atoms with E-state index in [-0.39, 0.29) is 28.9 Å². The van der Waals surface area contributed by atoms with Crippen molar-refractivity contribution in [1.29, 1.82) is 5.26 Å². The molecule has 0 unspecified atom stereocenters. The minimum atomic E-state index is -1.83. The van der Waals surface area contributed by atoms with E-state index >= 15 is 0 Å². The lowest BCUT2D eigenvalue weighted by molar-refractivity contribution is 0.298. The summed E-state index contributed by atoms with van der Waals surface area (Å²) in [5.41, 5.74) is 0.348. The van der Waals surface area contributed by atoms with Gasteiger partial charge in [-0.1, -0.05) is 0 Å². The molecule has 0 spiro atoms. The predicted octanol–water partition coefficient (Wildman–Crippen LogP) is 1.10. The van der Waals surface area contributed by atoms with Crippen LogP contribution in [-0.4, -0.2) is 17.2 Å². The van der Waals surface area contributed by atoms with Crippen LogP contribution < -0.4 is 10.2 Å². The molecule has 0 aliphatic heterocycles. The number of ether oxygens (including phenoxy) is 1. The van der Waals surface area contributed by atoms with E-state index in [1.165, 1.54) is 18.2 Å². The van der Waals surface area contributed by atoms with E-state index in [1.54, 1.807) is 0 Å². The van der Waals surface area contributed by atoms with Gasteiger partial charge in [-0.15, -0.1) is 0 Å². The number of rotatable bonds is 4. The first-order valence-corrected chi connectivity index (χ1v) is 5.97. The van der Waals surface area contributed by atoms with Gasteiger partial charge in [0.25, 0.3) is 0 Å². The van der Waals surface area contributed by atoms with Crippen molar-refractivity contribution in [2.75, 3.05) is 0 Å². The molecule has 2 N–H and O–H groups in total. The van der Waals surface area contributed by atoms with Crippen LogP contribution in [0.15, 0.2) is 36.4 Å². The second-order valence-electron chi connectivity index (χ2n) is 4.30. The highest BCUT2D eigenvalue weighted by Gasteiger charge is 2.14. The molecule has 0 bridgehead atoms. The van der Waals surface area contributed by atoms with Crippen LogP contribution in [0.2, 0.25) is 0 Å². The third kappa shape index (κ3) is 3.78. The van der Waals surface area contributed by atoms with Gasteiger partial charge < -0.3 is 14.8 Å². The molecule has 21 heavy (non-hydrogen) atoms. The molecule has 4 nitrogen and oxygen atoms in total. The molecule has 0 heterocycles. The summed E-state index contributed by atoms with van der Waals surface area (Å²) >= 11 is 0. The van der Waals surface area contributed by atoms with Crippen molar-refractivity contribution in [2.24, 2.45) is 0 Å². The number of hydrogen-bond donors (Lipinski definition) is 2. The van der Waals surface area contributed by atoms with Crippen LogP contribution in [0.3, 0.4) is 0 Å². The highest BCUT2D eigenvalue weighted by molar-refractivity contribution is 6.58. The third-order valence-electron chi connectivity index (χ3n) is 2.76. The lowest BCUT2D eigenvalue weighted by Gasteiger charge is -2.09. The van der Waals surface area contributed by atoms with Gasteiger partial charge in [-0.3, -0.25) is 0 Å². The van der Waals surface area contributed by atoms with Crippen molar-refractivity contribution >= 4 is 12.6 Å². The summed E-state index contributed by atoms with van der Waals surface area (Å²) in [6.07, 6.45) is 0. The summed E-state index contributed by atoms with van der Waals surface area (Å²) in [6.45, 7) is -0.216. The summed E-state index contributed by atoms with van der Waals surface area (Å²) < 4.78 is 32.1. The van der Waals surface area contributed by atoms with Crippen molar-refractivity contribution in [1.82, 2.24) is 0 Å². The maximum absolute atomic E-state index is 13.6. The summed E-state index contributed by atoms with van der Waals surface area (Å²) in [7, 11) is -1.83. The SMILES string of the molecule is N#Cc1ccc(F)c(COc2cc(F)cc(B(O)O)c2)c1. The van der Waals surface area contributed by atoms with E-state index in [2.05, 4.69) is 0 Å². The zero-order chi connectivity index (χ0) is 15.4. The van der Waals surface area contributed by atoms with E-state index in [9.17, 15) is 8.78 Å². The molecular formula is C14H10BF2NO3. The number of nitrogens with zero attached hydrogens (tertiary/aromatic N) is 1. The molecule has 0 fully saturated rings. The highest BCUT2D eigenvalue weighted by atomic mass is 19.1. The summed E-state index contributed by atoms with van der Waals surface area (Å²) in [5.74, 6) is -1.23.